The van der Waals surface area contributed by atoms with E-state index in [1.807, 2.05) is 39.0 Å². The van der Waals surface area contributed by atoms with Gasteiger partial charge >= 0.3 is 0 Å². The van der Waals surface area contributed by atoms with E-state index in [2.05, 4.69) is 20.8 Å². The van der Waals surface area contributed by atoms with Crippen LogP contribution in [0.3, 0.4) is 0 Å². The highest BCUT2D eigenvalue weighted by atomic mass is 35.5. The maximum absolute atomic E-state index is 13.3. The second kappa shape index (κ2) is 12.7. The molecule has 0 amide bonds. The van der Waals surface area contributed by atoms with Crippen LogP contribution in [0.15, 0.2) is 54.6 Å². The van der Waals surface area contributed by atoms with E-state index in [0.29, 0.717) is 10.6 Å². The van der Waals surface area contributed by atoms with Crippen molar-refractivity contribution in [3.63, 3.8) is 0 Å². The van der Waals surface area contributed by atoms with Gasteiger partial charge in [-0.15, -0.1) is 0 Å². The normalized spacial score (nSPS) is 11.8. The summed E-state index contributed by atoms with van der Waals surface area (Å²) in [6.45, 7) is 17.5. The van der Waals surface area contributed by atoms with Crippen LogP contribution in [-0.2, 0) is 16.2 Å². The second-order valence-corrected chi connectivity index (χ2v) is 12.8. The molecule has 36 heavy (non-hydrogen) atoms. The van der Waals surface area contributed by atoms with E-state index in [-0.39, 0.29) is 22.2 Å². The fourth-order valence-corrected chi connectivity index (χ4v) is 5.05. The third-order valence-corrected chi connectivity index (χ3v) is 6.08. The monoisotopic (exact) mass is 558 g/mol. The van der Waals surface area contributed by atoms with Gasteiger partial charge in [0.2, 0.25) is 0 Å². The summed E-state index contributed by atoms with van der Waals surface area (Å²) in [6.07, 6.45) is 0. The zero-order valence-electron chi connectivity index (χ0n) is 22.5. The van der Waals surface area contributed by atoms with Gasteiger partial charge < -0.3 is 0 Å². The third-order valence-electron chi connectivity index (χ3n) is 5.14. The van der Waals surface area contributed by atoms with Crippen LogP contribution in [0.1, 0.15) is 79.0 Å². The molecule has 0 aliphatic carbocycles. The first-order valence-electron chi connectivity index (χ1n) is 11.6. The molecule has 3 rings (SSSR count). The Bertz CT molecular complexity index is 945. The van der Waals surface area contributed by atoms with Crippen LogP contribution in [0, 0.1) is 17.5 Å². The summed E-state index contributed by atoms with van der Waals surface area (Å²) in [4.78, 5) is 0. The summed E-state index contributed by atoms with van der Waals surface area (Å²) in [7, 11) is 0. The summed E-state index contributed by atoms with van der Waals surface area (Å²) in [5.74, 6) is -1.17. The molecule has 0 spiro atoms. The lowest BCUT2D eigenvalue weighted by Crippen LogP contribution is -2.15. The molecule has 0 bridgehead atoms. The van der Waals surface area contributed by atoms with Gasteiger partial charge in [0.05, 0.1) is 0 Å². The van der Waals surface area contributed by atoms with Crippen molar-refractivity contribution in [2.45, 2.75) is 78.6 Å². The van der Waals surface area contributed by atoms with Crippen LogP contribution in [-0.4, -0.2) is 0 Å². The molecule has 0 aliphatic heterocycles. The molecule has 0 atom stereocenters. The van der Waals surface area contributed by atoms with Gasteiger partial charge in [-0.05, 0) is 58.2 Å². The van der Waals surface area contributed by atoms with Gasteiger partial charge in [0.15, 0.2) is 0 Å². The SMILES string of the molecule is CC(C)(C)c1c(Cl)cccc1Cl.CC(C)(C)c1c(F)cccc1Cl.CC(C)(C)c1c(F)cccc1F. The first-order chi connectivity index (χ1) is 16.3. The smallest absolute Gasteiger partial charge is 0.129 e. The van der Waals surface area contributed by atoms with Crippen LogP contribution in [0.5, 0.6) is 0 Å². The summed E-state index contributed by atoms with van der Waals surface area (Å²) < 4.78 is 39.5. The topological polar surface area (TPSA) is 0 Å². The van der Waals surface area contributed by atoms with E-state index >= 15 is 0 Å². The van der Waals surface area contributed by atoms with Crippen LogP contribution in [0.4, 0.5) is 13.2 Å². The van der Waals surface area contributed by atoms with Crippen LogP contribution >= 0.6 is 34.8 Å². The maximum atomic E-state index is 13.3. The fraction of sp³-hybridized carbons (Fsp3) is 0.400. The molecule has 0 aliphatic rings. The Morgan fingerprint density at radius 3 is 0.889 bits per heavy atom. The molecular formula is C30H36Cl3F3. The van der Waals surface area contributed by atoms with Gasteiger partial charge in [0.1, 0.15) is 17.5 Å². The van der Waals surface area contributed by atoms with Crippen LogP contribution in [0.2, 0.25) is 15.1 Å². The van der Waals surface area contributed by atoms with Gasteiger partial charge in [-0.3, -0.25) is 0 Å². The minimum absolute atomic E-state index is 0.00935. The Labute approximate surface area is 229 Å². The summed E-state index contributed by atoms with van der Waals surface area (Å²) in [6, 6.07) is 14.3. The minimum Gasteiger partial charge on any atom is -0.207 e. The summed E-state index contributed by atoms with van der Waals surface area (Å²) >= 11 is 17.9. The molecule has 0 N–H and O–H groups in total. The Hall–Kier alpha value is -1.68. The van der Waals surface area contributed by atoms with Crippen molar-refractivity contribution in [2.24, 2.45) is 0 Å². The molecule has 0 fully saturated rings. The van der Waals surface area contributed by atoms with Crippen LogP contribution in [0.25, 0.3) is 0 Å². The van der Waals surface area contributed by atoms with Crippen LogP contribution < -0.4 is 0 Å². The molecular weight excluding hydrogens is 524 g/mol. The molecule has 0 aromatic heterocycles. The standard InChI is InChI=1S/C10H12Cl2.C10H12ClF.C10H12F2/c3*1-10(2,3)9-7(11)5-4-6-8(9)12/h3*4-6H,1-3H3. The highest BCUT2D eigenvalue weighted by molar-refractivity contribution is 6.36. The fourth-order valence-electron chi connectivity index (χ4n) is 3.64. The van der Waals surface area contributed by atoms with Crippen molar-refractivity contribution < 1.29 is 13.2 Å². The molecule has 198 valence electrons. The number of hydrogen-bond acceptors (Lipinski definition) is 0. The molecule has 6 heteroatoms. The Kier molecular flexibility index (Phi) is 11.4. The molecule has 0 unspecified atom stereocenters. The van der Waals surface area contributed by atoms with E-state index < -0.39 is 17.0 Å². The molecule has 0 radical (unpaired) electrons. The minimum atomic E-state index is -0.477. The molecule has 0 nitrogen and oxygen atoms in total. The third kappa shape index (κ3) is 9.32. The molecule has 0 heterocycles. The van der Waals surface area contributed by atoms with Crippen molar-refractivity contribution >= 4 is 34.8 Å². The lowest BCUT2D eigenvalue weighted by molar-refractivity contribution is 0.475. The number of hydrogen-bond donors (Lipinski definition) is 0. The van der Waals surface area contributed by atoms with E-state index in [9.17, 15) is 13.2 Å². The largest absolute Gasteiger partial charge is 0.207 e. The Morgan fingerprint density at radius 2 is 0.667 bits per heavy atom. The summed E-state index contributed by atoms with van der Waals surface area (Å²) in [5.41, 5.74) is 1.07. The number of benzene rings is 3. The predicted octanol–water partition coefficient (Wildman–Crippen LogP) is 11.3. The quantitative estimate of drug-likeness (QED) is 0.257. The zero-order chi connectivity index (χ0) is 28.1. The first-order valence-corrected chi connectivity index (χ1v) is 12.7. The highest BCUT2D eigenvalue weighted by Gasteiger charge is 2.23. The van der Waals surface area contributed by atoms with Crippen molar-refractivity contribution in [1.29, 1.82) is 0 Å². The van der Waals surface area contributed by atoms with Gasteiger partial charge in [0.25, 0.3) is 0 Å². The first kappa shape index (κ1) is 32.3. The van der Waals surface area contributed by atoms with Gasteiger partial charge in [-0.2, -0.15) is 0 Å². The van der Waals surface area contributed by atoms with E-state index in [1.54, 1.807) is 32.9 Å². The highest BCUT2D eigenvalue weighted by Crippen LogP contribution is 2.35. The predicted molar refractivity (Wildman–Crippen MR) is 150 cm³/mol. The van der Waals surface area contributed by atoms with Crippen molar-refractivity contribution in [3.05, 3.63) is 104 Å². The van der Waals surface area contributed by atoms with Gasteiger partial charge in [0, 0.05) is 26.2 Å². The molecule has 0 saturated heterocycles. The lowest BCUT2D eigenvalue weighted by Gasteiger charge is -2.21. The summed E-state index contributed by atoms with van der Waals surface area (Å²) in [5, 5.41) is 1.99. The second-order valence-electron chi connectivity index (χ2n) is 11.5. The molecule has 0 saturated carbocycles. The number of rotatable bonds is 0. The van der Waals surface area contributed by atoms with E-state index in [4.69, 9.17) is 34.8 Å². The van der Waals surface area contributed by atoms with Crippen molar-refractivity contribution in [2.75, 3.05) is 0 Å². The van der Waals surface area contributed by atoms with E-state index in [0.717, 1.165) is 15.6 Å². The zero-order valence-corrected chi connectivity index (χ0v) is 24.7. The van der Waals surface area contributed by atoms with Crippen molar-refractivity contribution in [1.82, 2.24) is 0 Å². The van der Waals surface area contributed by atoms with E-state index in [1.165, 1.54) is 24.3 Å². The Morgan fingerprint density at radius 1 is 0.417 bits per heavy atom. The van der Waals surface area contributed by atoms with Crippen molar-refractivity contribution in [3.8, 4) is 0 Å². The number of halogens is 6. The maximum Gasteiger partial charge on any atom is 0.129 e. The average Bonchev–Trinajstić information content (AvgIpc) is 2.65. The lowest BCUT2D eigenvalue weighted by atomic mass is 9.86. The van der Waals surface area contributed by atoms with Gasteiger partial charge in [-0.1, -0.05) is 115 Å². The molecule has 3 aromatic rings. The van der Waals surface area contributed by atoms with Gasteiger partial charge in [-0.25, -0.2) is 13.2 Å². The Balaban J connectivity index is 0.000000270. The molecule has 3 aromatic carbocycles. The average molecular weight is 560 g/mol.